The average molecular weight is 238 g/mol. The van der Waals surface area contributed by atoms with Gasteiger partial charge >= 0.3 is 0 Å². The van der Waals surface area contributed by atoms with Crippen molar-refractivity contribution in [3.63, 3.8) is 0 Å². The molecule has 1 saturated heterocycles. The third-order valence-electron chi connectivity index (χ3n) is 4.20. The largest absolute Gasteiger partial charge is 0.344 e. The van der Waals surface area contributed by atoms with Gasteiger partial charge in [-0.25, -0.2) is 0 Å². The third-order valence-corrected chi connectivity index (χ3v) is 4.20. The monoisotopic (exact) mass is 238 g/mol. The highest BCUT2D eigenvalue weighted by Crippen LogP contribution is 2.19. The summed E-state index contributed by atoms with van der Waals surface area (Å²) in [6.45, 7) is 0.898. The summed E-state index contributed by atoms with van der Waals surface area (Å²) in [6.07, 6.45) is 11.4. The molecule has 3 nitrogen and oxygen atoms in total. The molecular weight excluding hydrogens is 212 g/mol. The molecule has 0 bridgehead atoms. The Morgan fingerprint density at radius 1 is 1.00 bits per heavy atom. The number of hydrogen-bond donors (Lipinski definition) is 1. The molecule has 2 fully saturated rings. The Morgan fingerprint density at radius 2 is 1.65 bits per heavy atom. The van der Waals surface area contributed by atoms with Crippen molar-refractivity contribution in [2.24, 2.45) is 0 Å². The van der Waals surface area contributed by atoms with Crippen molar-refractivity contribution in [3.05, 3.63) is 0 Å². The number of likely N-dealkylation sites (N-methyl/N-ethyl adjacent to an activating group) is 1. The molecule has 0 radical (unpaired) electrons. The zero-order valence-corrected chi connectivity index (χ0v) is 11.1. The van der Waals surface area contributed by atoms with Gasteiger partial charge in [-0.05, 0) is 19.3 Å². The summed E-state index contributed by atoms with van der Waals surface area (Å²) >= 11 is 0. The van der Waals surface area contributed by atoms with E-state index in [2.05, 4.69) is 5.32 Å². The van der Waals surface area contributed by atoms with Crippen LogP contribution in [0.5, 0.6) is 0 Å². The van der Waals surface area contributed by atoms with Crippen LogP contribution in [-0.4, -0.2) is 36.5 Å². The van der Waals surface area contributed by atoms with E-state index in [1.165, 1.54) is 44.9 Å². The molecule has 98 valence electrons. The van der Waals surface area contributed by atoms with Crippen LogP contribution >= 0.6 is 0 Å². The van der Waals surface area contributed by atoms with Crippen molar-refractivity contribution < 1.29 is 4.79 Å². The van der Waals surface area contributed by atoms with E-state index in [1.54, 1.807) is 0 Å². The molecule has 17 heavy (non-hydrogen) atoms. The molecule has 1 atom stereocenters. The third kappa shape index (κ3) is 3.98. The van der Waals surface area contributed by atoms with Crippen molar-refractivity contribution in [1.29, 1.82) is 0 Å². The number of likely N-dealkylation sites (tertiary alicyclic amines) is 1. The molecule has 2 rings (SSSR count). The van der Waals surface area contributed by atoms with E-state index in [-0.39, 0.29) is 0 Å². The van der Waals surface area contributed by atoms with Crippen molar-refractivity contribution in [2.75, 3.05) is 13.6 Å². The van der Waals surface area contributed by atoms with Gasteiger partial charge < -0.3 is 10.2 Å². The molecule has 1 unspecified atom stereocenters. The summed E-state index contributed by atoms with van der Waals surface area (Å²) in [5, 5.41) is 3.78. The molecule has 1 amide bonds. The lowest BCUT2D eigenvalue weighted by Crippen LogP contribution is -2.49. The van der Waals surface area contributed by atoms with Crippen molar-refractivity contribution >= 4 is 5.91 Å². The summed E-state index contributed by atoms with van der Waals surface area (Å²) in [4.78, 5) is 13.3. The highest BCUT2D eigenvalue weighted by molar-refractivity contribution is 5.76. The number of nitrogens with one attached hydrogen (secondary N) is 1. The van der Waals surface area contributed by atoms with Gasteiger partial charge in [-0.2, -0.15) is 0 Å². The van der Waals surface area contributed by atoms with E-state index in [0.29, 0.717) is 18.0 Å². The Kier molecular flexibility index (Phi) is 4.84. The normalized spacial score (nSPS) is 28.9. The first-order valence-electron chi connectivity index (χ1n) is 7.26. The standard InChI is InChI=1S/C14H26N2O/c1-16-11-13(9-10-14(16)17)15-12-7-5-3-2-4-6-8-12/h12-13,15H,2-11H2,1H3. The first-order chi connectivity index (χ1) is 8.25. The number of carbonyl (C=O) groups is 1. The molecule has 1 N–H and O–H groups in total. The summed E-state index contributed by atoms with van der Waals surface area (Å²) in [7, 11) is 1.92. The predicted octanol–water partition coefficient (Wildman–Crippen LogP) is 2.31. The van der Waals surface area contributed by atoms with E-state index >= 15 is 0 Å². The lowest BCUT2D eigenvalue weighted by atomic mass is 9.95. The van der Waals surface area contributed by atoms with Gasteiger partial charge in [0.1, 0.15) is 0 Å². The molecule has 1 saturated carbocycles. The molecule has 3 heteroatoms. The molecule has 0 spiro atoms. The predicted molar refractivity (Wildman–Crippen MR) is 69.9 cm³/mol. The topological polar surface area (TPSA) is 32.3 Å². The number of rotatable bonds is 2. The Bertz CT molecular complexity index is 247. The van der Waals surface area contributed by atoms with Gasteiger partial charge in [0.05, 0.1) is 0 Å². The SMILES string of the molecule is CN1CC(NC2CCCCCCC2)CCC1=O. The molecular formula is C14H26N2O. The molecule has 0 aromatic rings. The van der Waals surface area contributed by atoms with Crippen LogP contribution in [0.4, 0.5) is 0 Å². The fourth-order valence-corrected chi connectivity index (χ4v) is 3.10. The number of amides is 1. The van der Waals surface area contributed by atoms with Crippen LogP contribution in [0.3, 0.4) is 0 Å². The van der Waals surface area contributed by atoms with Gasteiger partial charge in [0, 0.05) is 32.1 Å². The van der Waals surface area contributed by atoms with Gasteiger partial charge in [-0.3, -0.25) is 4.79 Å². The Labute approximate surface area is 105 Å². The second kappa shape index (κ2) is 6.39. The van der Waals surface area contributed by atoms with Crippen molar-refractivity contribution in [1.82, 2.24) is 10.2 Å². The molecule has 1 aliphatic carbocycles. The van der Waals surface area contributed by atoms with Crippen LogP contribution in [0.1, 0.15) is 57.8 Å². The highest BCUT2D eigenvalue weighted by atomic mass is 16.2. The lowest BCUT2D eigenvalue weighted by Gasteiger charge is -2.33. The maximum absolute atomic E-state index is 11.4. The molecule has 0 aromatic carbocycles. The molecule has 1 aliphatic heterocycles. The van der Waals surface area contributed by atoms with Crippen molar-refractivity contribution in [2.45, 2.75) is 69.9 Å². The smallest absolute Gasteiger partial charge is 0.222 e. The van der Waals surface area contributed by atoms with E-state index < -0.39 is 0 Å². The lowest BCUT2D eigenvalue weighted by molar-refractivity contribution is -0.132. The summed E-state index contributed by atoms with van der Waals surface area (Å²) in [5.41, 5.74) is 0. The first kappa shape index (κ1) is 12.9. The fraction of sp³-hybridized carbons (Fsp3) is 0.929. The van der Waals surface area contributed by atoms with E-state index in [4.69, 9.17) is 0 Å². The minimum Gasteiger partial charge on any atom is -0.344 e. The Hall–Kier alpha value is -0.570. The quantitative estimate of drug-likeness (QED) is 0.800. The first-order valence-corrected chi connectivity index (χ1v) is 7.26. The number of nitrogens with zero attached hydrogens (tertiary/aromatic N) is 1. The van der Waals surface area contributed by atoms with Crippen molar-refractivity contribution in [3.8, 4) is 0 Å². The summed E-state index contributed by atoms with van der Waals surface area (Å²) in [6, 6.07) is 1.23. The number of hydrogen-bond acceptors (Lipinski definition) is 2. The second-order valence-electron chi connectivity index (χ2n) is 5.72. The Balaban J connectivity index is 1.76. The van der Waals surface area contributed by atoms with Crippen LogP contribution in [0.25, 0.3) is 0 Å². The summed E-state index contributed by atoms with van der Waals surface area (Å²) in [5.74, 6) is 0.306. The minimum atomic E-state index is 0.306. The van der Waals surface area contributed by atoms with Gasteiger partial charge in [0.15, 0.2) is 0 Å². The number of piperidine rings is 1. The maximum Gasteiger partial charge on any atom is 0.222 e. The minimum absolute atomic E-state index is 0.306. The average Bonchev–Trinajstić information content (AvgIpc) is 2.27. The van der Waals surface area contributed by atoms with Gasteiger partial charge in [0.2, 0.25) is 5.91 Å². The van der Waals surface area contributed by atoms with Crippen LogP contribution in [-0.2, 0) is 4.79 Å². The summed E-state index contributed by atoms with van der Waals surface area (Å²) < 4.78 is 0. The van der Waals surface area contributed by atoms with Crippen LogP contribution in [0.15, 0.2) is 0 Å². The zero-order chi connectivity index (χ0) is 12.1. The zero-order valence-electron chi connectivity index (χ0n) is 11.1. The maximum atomic E-state index is 11.4. The second-order valence-corrected chi connectivity index (χ2v) is 5.72. The fourth-order valence-electron chi connectivity index (χ4n) is 3.10. The molecule has 2 aliphatic rings. The van der Waals surface area contributed by atoms with Gasteiger partial charge in [-0.1, -0.05) is 32.1 Å². The Morgan fingerprint density at radius 3 is 2.29 bits per heavy atom. The molecule has 1 heterocycles. The van der Waals surface area contributed by atoms with Gasteiger partial charge in [-0.15, -0.1) is 0 Å². The van der Waals surface area contributed by atoms with Crippen LogP contribution in [0.2, 0.25) is 0 Å². The van der Waals surface area contributed by atoms with Crippen LogP contribution in [0, 0.1) is 0 Å². The van der Waals surface area contributed by atoms with Crippen LogP contribution < -0.4 is 5.32 Å². The van der Waals surface area contributed by atoms with Gasteiger partial charge in [0.25, 0.3) is 0 Å². The van der Waals surface area contributed by atoms with E-state index in [1.807, 2.05) is 11.9 Å². The molecule has 0 aromatic heterocycles. The van der Waals surface area contributed by atoms with E-state index in [9.17, 15) is 4.79 Å². The van der Waals surface area contributed by atoms with E-state index in [0.717, 1.165) is 19.4 Å². The highest BCUT2D eigenvalue weighted by Gasteiger charge is 2.24. The number of carbonyl (C=O) groups excluding carboxylic acids is 1.